The first-order chi connectivity index (χ1) is 8.99. The first-order valence-electron chi connectivity index (χ1n) is 5.86. The average Bonchev–Trinajstić information content (AvgIpc) is 2.69. The van der Waals surface area contributed by atoms with Gasteiger partial charge in [-0.25, -0.2) is 14.8 Å². The van der Waals surface area contributed by atoms with Crippen LogP contribution < -0.4 is 5.32 Å². The van der Waals surface area contributed by atoms with Crippen LogP contribution in [0, 0.1) is 13.8 Å². The number of hydrogen-bond donors (Lipinski definition) is 2. The lowest BCUT2D eigenvalue weighted by atomic mass is 10.1. The van der Waals surface area contributed by atoms with Crippen LogP contribution >= 0.6 is 11.3 Å². The van der Waals surface area contributed by atoms with Crippen LogP contribution in [0.25, 0.3) is 0 Å². The van der Waals surface area contributed by atoms with Gasteiger partial charge in [0.15, 0.2) is 11.5 Å². The molecule has 0 saturated heterocycles. The van der Waals surface area contributed by atoms with Crippen molar-refractivity contribution in [3.8, 4) is 0 Å². The van der Waals surface area contributed by atoms with Crippen molar-refractivity contribution in [2.45, 2.75) is 26.8 Å². The summed E-state index contributed by atoms with van der Waals surface area (Å²) in [6.07, 6.45) is 2.85. The molecular formula is C13H15N3O2S. The predicted octanol–water partition coefficient (Wildman–Crippen LogP) is 3.03. The standard InChI is InChI=1S/C13H15N3O2S/c1-7-6-10(9(3)19-7)8(2)16-12-11(13(17)18)14-4-5-15-12/h4-6,8H,1-3H3,(H,15,16)(H,17,18). The van der Waals surface area contributed by atoms with Crippen molar-refractivity contribution >= 4 is 23.1 Å². The van der Waals surface area contributed by atoms with Crippen LogP contribution in [0.5, 0.6) is 0 Å². The van der Waals surface area contributed by atoms with Crippen LogP contribution in [0.15, 0.2) is 18.5 Å². The Bertz CT molecular complexity index is 610. The van der Waals surface area contributed by atoms with Gasteiger partial charge >= 0.3 is 5.97 Å². The maximum Gasteiger partial charge on any atom is 0.358 e. The molecule has 0 bridgehead atoms. The second-order valence-electron chi connectivity index (χ2n) is 4.29. The van der Waals surface area contributed by atoms with E-state index in [2.05, 4.69) is 35.2 Å². The molecule has 5 nitrogen and oxygen atoms in total. The van der Waals surface area contributed by atoms with Crippen LogP contribution in [0.2, 0.25) is 0 Å². The van der Waals surface area contributed by atoms with Crippen molar-refractivity contribution in [2.24, 2.45) is 0 Å². The molecule has 2 heterocycles. The zero-order valence-electron chi connectivity index (χ0n) is 11.0. The molecule has 19 heavy (non-hydrogen) atoms. The number of aromatic nitrogens is 2. The number of hydrogen-bond acceptors (Lipinski definition) is 5. The molecule has 0 spiro atoms. The van der Waals surface area contributed by atoms with Crippen molar-refractivity contribution in [2.75, 3.05) is 5.32 Å². The fourth-order valence-electron chi connectivity index (χ4n) is 1.96. The molecule has 1 atom stereocenters. The van der Waals surface area contributed by atoms with E-state index in [1.807, 2.05) is 6.92 Å². The minimum absolute atomic E-state index is 0.0141. The van der Waals surface area contributed by atoms with Gasteiger partial charge in [0.25, 0.3) is 0 Å². The first-order valence-corrected chi connectivity index (χ1v) is 6.68. The number of thiophene rings is 1. The molecule has 0 radical (unpaired) electrons. The van der Waals surface area contributed by atoms with E-state index in [0.29, 0.717) is 5.82 Å². The highest BCUT2D eigenvalue weighted by molar-refractivity contribution is 7.12. The third-order valence-corrected chi connectivity index (χ3v) is 3.78. The monoisotopic (exact) mass is 277 g/mol. The Morgan fingerprint density at radius 2 is 2.05 bits per heavy atom. The average molecular weight is 277 g/mol. The third-order valence-electron chi connectivity index (χ3n) is 2.80. The summed E-state index contributed by atoms with van der Waals surface area (Å²) in [5, 5.41) is 12.2. The molecule has 0 aliphatic carbocycles. The number of nitrogens with one attached hydrogen (secondary N) is 1. The number of carbonyl (C=O) groups is 1. The second-order valence-corrected chi connectivity index (χ2v) is 5.75. The van der Waals surface area contributed by atoms with Crippen LogP contribution in [0.4, 0.5) is 5.82 Å². The molecule has 2 aromatic heterocycles. The minimum atomic E-state index is -1.08. The van der Waals surface area contributed by atoms with Crippen LogP contribution in [0.3, 0.4) is 0 Å². The molecule has 0 aliphatic heterocycles. The summed E-state index contributed by atoms with van der Waals surface area (Å²) < 4.78 is 0. The molecule has 0 amide bonds. The maximum absolute atomic E-state index is 11.1. The lowest BCUT2D eigenvalue weighted by Gasteiger charge is -2.15. The number of nitrogens with zero attached hydrogens (tertiary/aromatic N) is 2. The van der Waals surface area contributed by atoms with Crippen molar-refractivity contribution in [1.29, 1.82) is 0 Å². The number of carboxylic acid groups (broad SMARTS) is 1. The first kappa shape index (κ1) is 13.5. The Morgan fingerprint density at radius 1 is 1.37 bits per heavy atom. The van der Waals surface area contributed by atoms with Gasteiger partial charge in [0.2, 0.25) is 0 Å². The van der Waals surface area contributed by atoms with Gasteiger partial charge in [-0.3, -0.25) is 0 Å². The number of anilines is 1. The van der Waals surface area contributed by atoms with Crippen molar-refractivity contribution in [3.05, 3.63) is 39.5 Å². The smallest absolute Gasteiger partial charge is 0.358 e. The fraction of sp³-hybridized carbons (Fsp3) is 0.308. The quantitative estimate of drug-likeness (QED) is 0.898. The van der Waals surface area contributed by atoms with E-state index in [-0.39, 0.29) is 11.7 Å². The largest absolute Gasteiger partial charge is 0.476 e. The molecule has 0 aliphatic rings. The lowest BCUT2D eigenvalue weighted by Crippen LogP contribution is -2.13. The second kappa shape index (κ2) is 5.36. The fourth-order valence-corrected chi connectivity index (χ4v) is 2.99. The molecule has 1 unspecified atom stereocenters. The van der Waals surface area contributed by atoms with Crippen molar-refractivity contribution in [1.82, 2.24) is 9.97 Å². The van der Waals surface area contributed by atoms with E-state index in [0.717, 1.165) is 5.56 Å². The molecule has 100 valence electrons. The van der Waals surface area contributed by atoms with Gasteiger partial charge in [0, 0.05) is 22.1 Å². The molecule has 6 heteroatoms. The number of aromatic carboxylic acids is 1. The Balaban J connectivity index is 2.26. The highest BCUT2D eigenvalue weighted by Crippen LogP contribution is 2.28. The van der Waals surface area contributed by atoms with Gasteiger partial charge < -0.3 is 10.4 Å². The van der Waals surface area contributed by atoms with E-state index in [1.165, 1.54) is 22.1 Å². The molecular weight excluding hydrogens is 262 g/mol. The highest BCUT2D eigenvalue weighted by Gasteiger charge is 2.17. The van der Waals surface area contributed by atoms with E-state index in [9.17, 15) is 4.79 Å². The normalized spacial score (nSPS) is 12.2. The van der Waals surface area contributed by atoms with Crippen molar-refractivity contribution < 1.29 is 9.90 Å². The summed E-state index contributed by atoms with van der Waals surface area (Å²) in [7, 11) is 0. The molecule has 0 fully saturated rings. The van der Waals surface area contributed by atoms with E-state index >= 15 is 0 Å². The molecule has 0 saturated carbocycles. The maximum atomic E-state index is 11.1. The van der Waals surface area contributed by atoms with Crippen LogP contribution in [0.1, 0.15) is 38.8 Å². The van der Waals surface area contributed by atoms with Crippen LogP contribution in [-0.4, -0.2) is 21.0 Å². The summed E-state index contributed by atoms with van der Waals surface area (Å²) in [5.41, 5.74) is 1.10. The summed E-state index contributed by atoms with van der Waals surface area (Å²) in [5.74, 6) is -0.785. The molecule has 2 aromatic rings. The van der Waals surface area contributed by atoms with Gasteiger partial charge in [0.1, 0.15) is 0 Å². The Labute approximate surface area is 115 Å². The van der Waals surface area contributed by atoms with E-state index < -0.39 is 5.97 Å². The summed E-state index contributed by atoms with van der Waals surface area (Å²) in [6, 6.07) is 2.09. The van der Waals surface area contributed by atoms with Gasteiger partial charge in [0.05, 0.1) is 6.04 Å². The van der Waals surface area contributed by atoms with E-state index in [1.54, 1.807) is 11.3 Å². The zero-order chi connectivity index (χ0) is 14.0. The van der Waals surface area contributed by atoms with Gasteiger partial charge in [-0.1, -0.05) is 0 Å². The minimum Gasteiger partial charge on any atom is -0.476 e. The van der Waals surface area contributed by atoms with E-state index in [4.69, 9.17) is 5.11 Å². The Morgan fingerprint density at radius 3 is 2.63 bits per heavy atom. The third kappa shape index (κ3) is 2.90. The van der Waals surface area contributed by atoms with Crippen molar-refractivity contribution in [3.63, 3.8) is 0 Å². The Kier molecular flexibility index (Phi) is 3.80. The summed E-state index contributed by atoms with van der Waals surface area (Å²) in [6.45, 7) is 6.09. The molecule has 2 N–H and O–H groups in total. The topological polar surface area (TPSA) is 75.1 Å². The van der Waals surface area contributed by atoms with Crippen LogP contribution in [-0.2, 0) is 0 Å². The number of carboxylic acids is 1. The zero-order valence-corrected chi connectivity index (χ0v) is 11.8. The SMILES string of the molecule is Cc1cc(C(C)Nc2nccnc2C(=O)O)c(C)s1. The summed E-state index contributed by atoms with van der Waals surface area (Å²) in [4.78, 5) is 21.4. The predicted molar refractivity (Wildman–Crippen MR) is 74.8 cm³/mol. The lowest BCUT2D eigenvalue weighted by molar-refractivity contribution is 0.0691. The number of rotatable bonds is 4. The van der Waals surface area contributed by atoms with Gasteiger partial charge in [-0.15, -0.1) is 11.3 Å². The number of aryl methyl sites for hydroxylation is 2. The highest BCUT2D eigenvalue weighted by atomic mass is 32.1. The molecule has 0 aromatic carbocycles. The summed E-state index contributed by atoms with van der Waals surface area (Å²) >= 11 is 1.73. The Hall–Kier alpha value is -1.95. The van der Waals surface area contributed by atoms with Gasteiger partial charge in [-0.05, 0) is 32.4 Å². The van der Waals surface area contributed by atoms with Gasteiger partial charge in [-0.2, -0.15) is 0 Å². The molecule has 2 rings (SSSR count).